The molecule has 1 amide bonds. The smallest absolute Gasteiger partial charge is 0.292 e. The number of oxazole rings is 1. The largest absolute Gasteiger partial charge is 0.431 e. The van der Waals surface area contributed by atoms with E-state index in [2.05, 4.69) is 20.7 Å². The SMILES string of the molecule is Nc1nc(C(=O)Nc2cc(-c3cnn(CCCNC4CC4)c3)ccc2Cl)co1. The predicted molar refractivity (Wildman–Crippen MR) is 107 cm³/mol. The number of benzene rings is 1. The lowest BCUT2D eigenvalue weighted by molar-refractivity contribution is 0.102. The van der Waals surface area contributed by atoms with Crippen molar-refractivity contribution in [3.8, 4) is 11.1 Å². The minimum Gasteiger partial charge on any atom is -0.431 e. The van der Waals surface area contributed by atoms with Gasteiger partial charge in [0.1, 0.15) is 6.26 Å². The average Bonchev–Trinajstić information content (AvgIpc) is 3.20. The number of carbonyl (C=O) groups is 1. The summed E-state index contributed by atoms with van der Waals surface area (Å²) in [6.45, 7) is 1.86. The molecule has 9 heteroatoms. The van der Waals surface area contributed by atoms with Crippen LogP contribution in [0, 0.1) is 0 Å². The summed E-state index contributed by atoms with van der Waals surface area (Å²) in [5.41, 5.74) is 7.83. The summed E-state index contributed by atoms with van der Waals surface area (Å²) >= 11 is 6.23. The Morgan fingerprint density at radius 3 is 2.96 bits per heavy atom. The van der Waals surface area contributed by atoms with Crippen molar-refractivity contribution >= 4 is 29.2 Å². The monoisotopic (exact) mass is 400 g/mol. The van der Waals surface area contributed by atoms with Gasteiger partial charge in [0.15, 0.2) is 5.69 Å². The van der Waals surface area contributed by atoms with Crippen molar-refractivity contribution in [1.82, 2.24) is 20.1 Å². The van der Waals surface area contributed by atoms with Crippen LogP contribution in [-0.2, 0) is 6.54 Å². The molecule has 0 radical (unpaired) electrons. The molecule has 0 unspecified atom stereocenters. The Bertz CT molecular complexity index is 978. The first-order chi connectivity index (χ1) is 13.6. The van der Waals surface area contributed by atoms with E-state index in [0.29, 0.717) is 10.7 Å². The van der Waals surface area contributed by atoms with Crippen molar-refractivity contribution in [2.24, 2.45) is 0 Å². The third-order valence-corrected chi connectivity index (χ3v) is 4.84. The number of nitrogens with zero attached hydrogens (tertiary/aromatic N) is 3. The summed E-state index contributed by atoms with van der Waals surface area (Å²) in [6, 6.07) is 6.09. The number of halogens is 1. The molecule has 28 heavy (non-hydrogen) atoms. The second kappa shape index (κ2) is 8.04. The average molecular weight is 401 g/mol. The lowest BCUT2D eigenvalue weighted by atomic mass is 10.1. The molecule has 1 saturated carbocycles. The molecule has 0 atom stereocenters. The van der Waals surface area contributed by atoms with Crippen molar-refractivity contribution in [1.29, 1.82) is 0 Å². The Kier molecular flexibility index (Phi) is 5.31. The molecule has 146 valence electrons. The first-order valence-corrected chi connectivity index (χ1v) is 9.54. The van der Waals surface area contributed by atoms with E-state index in [0.717, 1.165) is 36.7 Å². The minimum atomic E-state index is -0.446. The number of aryl methyl sites for hydroxylation is 1. The number of hydrogen-bond acceptors (Lipinski definition) is 6. The van der Waals surface area contributed by atoms with E-state index in [9.17, 15) is 4.79 Å². The summed E-state index contributed by atoms with van der Waals surface area (Å²) in [6.07, 6.45) is 8.62. The summed E-state index contributed by atoms with van der Waals surface area (Å²) in [5, 5.41) is 11.1. The van der Waals surface area contributed by atoms with Gasteiger partial charge in [0, 0.05) is 24.3 Å². The Labute approximate surface area is 167 Å². The molecule has 2 aromatic heterocycles. The molecule has 0 bridgehead atoms. The Morgan fingerprint density at radius 2 is 2.21 bits per heavy atom. The van der Waals surface area contributed by atoms with Crippen LogP contribution in [0.3, 0.4) is 0 Å². The van der Waals surface area contributed by atoms with Gasteiger partial charge in [-0.05, 0) is 43.5 Å². The summed E-state index contributed by atoms with van der Waals surface area (Å²) < 4.78 is 6.79. The third-order valence-electron chi connectivity index (χ3n) is 4.51. The zero-order valence-electron chi connectivity index (χ0n) is 15.2. The molecule has 0 aliphatic heterocycles. The first kappa shape index (κ1) is 18.5. The van der Waals surface area contributed by atoms with E-state index in [1.54, 1.807) is 12.1 Å². The summed E-state index contributed by atoms with van der Waals surface area (Å²) in [7, 11) is 0. The number of nitrogens with two attached hydrogens (primary N) is 1. The number of hydrogen-bond donors (Lipinski definition) is 3. The minimum absolute atomic E-state index is 0.0651. The lowest BCUT2D eigenvalue weighted by Crippen LogP contribution is -2.18. The molecule has 2 heterocycles. The van der Waals surface area contributed by atoms with Crippen LogP contribution in [0.4, 0.5) is 11.7 Å². The number of carbonyl (C=O) groups excluding carboxylic acids is 1. The van der Waals surface area contributed by atoms with E-state index >= 15 is 0 Å². The van der Waals surface area contributed by atoms with Crippen molar-refractivity contribution < 1.29 is 9.21 Å². The van der Waals surface area contributed by atoms with Crippen LogP contribution in [0.1, 0.15) is 29.8 Å². The van der Waals surface area contributed by atoms with Gasteiger partial charge in [-0.1, -0.05) is 17.7 Å². The number of aromatic nitrogens is 3. The van der Waals surface area contributed by atoms with Crippen molar-refractivity contribution in [2.45, 2.75) is 31.8 Å². The predicted octanol–water partition coefficient (Wildman–Crippen LogP) is 3.17. The zero-order valence-corrected chi connectivity index (χ0v) is 15.9. The maximum Gasteiger partial charge on any atom is 0.292 e. The number of rotatable bonds is 8. The van der Waals surface area contributed by atoms with Crippen LogP contribution < -0.4 is 16.4 Å². The number of nitrogens with one attached hydrogen (secondary N) is 2. The van der Waals surface area contributed by atoms with E-state index in [-0.39, 0.29) is 11.7 Å². The lowest BCUT2D eigenvalue weighted by Gasteiger charge is -2.08. The molecular formula is C19H21ClN6O2. The number of nitrogen functional groups attached to an aromatic ring is 1. The maximum absolute atomic E-state index is 12.3. The molecule has 4 rings (SSSR count). The first-order valence-electron chi connectivity index (χ1n) is 9.16. The van der Waals surface area contributed by atoms with Gasteiger partial charge in [-0.25, -0.2) is 0 Å². The Hall–Kier alpha value is -2.84. The fourth-order valence-corrected chi connectivity index (χ4v) is 3.01. The van der Waals surface area contributed by atoms with Crippen molar-refractivity contribution in [2.75, 3.05) is 17.6 Å². The van der Waals surface area contributed by atoms with Crippen LogP contribution in [-0.4, -0.2) is 33.3 Å². The zero-order chi connectivity index (χ0) is 19.5. The van der Waals surface area contributed by atoms with Gasteiger partial charge in [-0.2, -0.15) is 10.1 Å². The van der Waals surface area contributed by atoms with Crippen LogP contribution in [0.25, 0.3) is 11.1 Å². The van der Waals surface area contributed by atoms with Gasteiger partial charge in [-0.15, -0.1) is 0 Å². The van der Waals surface area contributed by atoms with Crippen LogP contribution in [0.5, 0.6) is 0 Å². The second-order valence-electron chi connectivity index (χ2n) is 6.79. The molecule has 1 aromatic carbocycles. The standard InChI is InChI=1S/C19H21ClN6O2/c20-15-5-2-12(8-16(15)24-18(27)17-11-28-19(21)25-17)13-9-23-26(10-13)7-1-6-22-14-3-4-14/h2,5,8-11,14,22H,1,3-4,6-7H2,(H2,21,25)(H,24,27). The maximum atomic E-state index is 12.3. The number of anilines is 2. The molecule has 8 nitrogen and oxygen atoms in total. The van der Waals surface area contributed by atoms with Crippen LogP contribution in [0.2, 0.25) is 5.02 Å². The van der Waals surface area contributed by atoms with E-state index in [1.807, 2.05) is 23.1 Å². The van der Waals surface area contributed by atoms with Gasteiger partial charge >= 0.3 is 0 Å². The van der Waals surface area contributed by atoms with Gasteiger partial charge < -0.3 is 20.8 Å². The van der Waals surface area contributed by atoms with E-state index in [1.165, 1.54) is 19.1 Å². The number of amides is 1. The molecule has 1 fully saturated rings. The quantitative estimate of drug-likeness (QED) is 0.501. The van der Waals surface area contributed by atoms with Crippen molar-refractivity contribution in [3.63, 3.8) is 0 Å². The third kappa shape index (κ3) is 4.52. The van der Waals surface area contributed by atoms with E-state index < -0.39 is 5.91 Å². The van der Waals surface area contributed by atoms with E-state index in [4.69, 9.17) is 21.8 Å². The Balaban J connectivity index is 1.42. The highest BCUT2D eigenvalue weighted by Crippen LogP contribution is 2.29. The fraction of sp³-hybridized carbons (Fsp3) is 0.316. The highest BCUT2D eigenvalue weighted by atomic mass is 35.5. The molecule has 1 aliphatic rings. The second-order valence-corrected chi connectivity index (χ2v) is 7.20. The molecular weight excluding hydrogens is 380 g/mol. The van der Waals surface area contributed by atoms with Gasteiger partial charge in [0.2, 0.25) is 0 Å². The summed E-state index contributed by atoms with van der Waals surface area (Å²) in [4.78, 5) is 16.1. The molecule has 3 aromatic rings. The Morgan fingerprint density at radius 1 is 1.36 bits per heavy atom. The van der Waals surface area contributed by atoms with Gasteiger partial charge in [0.25, 0.3) is 11.9 Å². The summed E-state index contributed by atoms with van der Waals surface area (Å²) in [5.74, 6) is -0.446. The molecule has 0 saturated heterocycles. The molecule has 0 spiro atoms. The van der Waals surface area contributed by atoms with Crippen molar-refractivity contribution in [3.05, 3.63) is 47.6 Å². The highest BCUT2D eigenvalue weighted by Gasteiger charge is 2.19. The highest BCUT2D eigenvalue weighted by molar-refractivity contribution is 6.34. The normalized spacial score (nSPS) is 13.6. The van der Waals surface area contributed by atoms with Crippen LogP contribution >= 0.6 is 11.6 Å². The van der Waals surface area contributed by atoms with Gasteiger partial charge in [-0.3, -0.25) is 9.48 Å². The van der Waals surface area contributed by atoms with Gasteiger partial charge in [0.05, 0.1) is 16.9 Å². The topological polar surface area (TPSA) is 111 Å². The fourth-order valence-electron chi connectivity index (χ4n) is 2.85. The molecule has 4 N–H and O–H groups in total. The van der Waals surface area contributed by atoms with Crippen LogP contribution in [0.15, 0.2) is 41.3 Å². The molecule has 1 aliphatic carbocycles.